The van der Waals surface area contributed by atoms with E-state index in [2.05, 4.69) is 43.5 Å². The molecular formula is C46H88N2O2. The van der Waals surface area contributed by atoms with Gasteiger partial charge in [-0.1, -0.05) is 192 Å². The third-order valence-electron chi connectivity index (χ3n) is 10.6. The highest BCUT2D eigenvalue weighted by atomic mass is 16.2. The summed E-state index contributed by atoms with van der Waals surface area (Å²) in [5.41, 5.74) is 5.74. The Morgan fingerprint density at radius 2 is 0.760 bits per heavy atom. The van der Waals surface area contributed by atoms with Gasteiger partial charge in [0.15, 0.2) is 0 Å². The Bertz CT molecular complexity index is 776. The lowest BCUT2D eigenvalue weighted by Crippen LogP contribution is -2.43. The zero-order valence-electron chi connectivity index (χ0n) is 34.1. The molecule has 2 amide bonds. The van der Waals surface area contributed by atoms with Crippen molar-refractivity contribution in [1.82, 2.24) is 5.32 Å². The second kappa shape index (κ2) is 40.2. The molecule has 0 fully saturated rings. The van der Waals surface area contributed by atoms with E-state index in [1.165, 1.54) is 186 Å². The van der Waals surface area contributed by atoms with Crippen LogP contribution >= 0.6 is 0 Å². The summed E-state index contributed by atoms with van der Waals surface area (Å²) in [7, 11) is 0. The van der Waals surface area contributed by atoms with Crippen LogP contribution in [0.3, 0.4) is 0 Å². The van der Waals surface area contributed by atoms with E-state index in [0.29, 0.717) is 6.42 Å². The van der Waals surface area contributed by atoms with Gasteiger partial charge in [-0.15, -0.1) is 0 Å². The van der Waals surface area contributed by atoms with E-state index in [1.807, 2.05) is 6.92 Å². The Morgan fingerprint density at radius 1 is 0.460 bits per heavy atom. The molecule has 3 N–H and O–H groups in total. The molecule has 0 heterocycles. The molecule has 0 aliphatic rings. The number of nitrogens with one attached hydrogen (secondary N) is 1. The van der Waals surface area contributed by atoms with Crippen molar-refractivity contribution >= 4 is 11.8 Å². The maximum atomic E-state index is 12.5. The Kier molecular flexibility index (Phi) is 38.9. The van der Waals surface area contributed by atoms with Gasteiger partial charge in [0.25, 0.3) is 0 Å². The number of hydrogen-bond donors (Lipinski definition) is 2. The predicted octanol–water partition coefficient (Wildman–Crippen LogP) is 14.4. The molecule has 4 nitrogen and oxygen atoms in total. The van der Waals surface area contributed by atoms with Crippen LogP contribution in [-0.4, -0.2) is 17.9 Å². The third kappa shape index (κ3) is 36.2. The number of carbonyl (C=O) groups excluding carboxylic acids is 2. The maximum Gasteiger partial charge on any atom is 0.222 e. The molecule has 0 aliphatic heterocycles. The Morgan fingerprint density at radius 3 is 1.10 bits per heavy atom. The van der Waals surface area contributed by atoms with E-state index < -0.39 is 0 Å². The van der Waals surface area contributed by atoms with Crippen LogP contribution in [0.5, 0.6) is 0 Å². The standard InChI is InChI=1S/C46H88N2O2/c1-4-6-8-10-12-14-16-18-20-22-24-26-28-30-32-34-36-38-40-42-45(49)48-43(3)44(46(47)50)41-39-37-35-33-31-29-27-25-23-21-19-17-15-13-11-9-7-5-2/h18-21,43-44H,4-17,22-42H2,1-3H3,(H2,47,50)(H,48,49)/b20-18-,21-19-. The number of unbranched alkanes of at least 4 members (excludes halogenated alkanes) is 29. The summed E-state index contributed by atoms with van der Waals surface area (Å²) in [5, 5.41) is 3.08. The van der Waals surface area contributed by atoms with E-state index in [4.69, 9.17) is 5.73 Å². The van der Waals surface area contributed by atoms with Gasteiger partial charge < -0.3 is 11.1 Å². The number of amides is 2. The van der Waals surface area contributed by atoms with Gasteiger partial charge in [-0.25, -0.2) is 0 Å². The second-order valence-electron chi connectivity index (χ2n) is 15.5. The minimum Gasteiger partial charge on any atom is -0.369 e. The van der Waals surface area contributed by atoms with Crippen LogP contribution in [0.1, 0.15) is 245 Å². The number of rotatable bonds is 40. The first kappa shape index (κ1) is 48.4. The molecule has 0 aromatic carbocycles. The minimum absolute atomic E-state index is 0.0677. The summed E-state index contributed by atoms with van der Waals surface area (Å²) >= 11 is 0. The van der Waals surface area contributed by atoms with Crippen molar-refractivity contribution in [3.63, 3.8) is 0 Å². The molecule has 4 heteroatoms. The lowest BCUT2D eigenvalue weighted by atomic mass is 9.93. The van der Waals surface area contributed by atoms with Crippen LogP contribution in [0.4, 0.5) is 0 Å². The van der Waals surface area contributed by atoms with Crippen LogP contribution in [0.15, 0.2) is 24.3 Å². The Hall–Kier alpha value is -1.58. The molecule has 0 radical (unpaired) electrons. The molecular weight excluding hydrogens is 613 g/mol. The number of primary amides is 1. The highest BCUT2D eigenvalue weighted by Crippen LogP contribution is 2.18. The lowest BCUT2D eigenvalue weighted by Gasteiger charge is -2.22. The summed E-state index contributed by atoms with van der Waals surface area (Å²) in [6, 6.07) is -0.185. The molecule has 2 unspecified atom stereocenters. The van der Waals surface area contributed by atoms with Gasteiger partial charge in [-0.2, -0.15) is 0 Å². The maximum absolute atomic E-state index is 12.5. The van der Waals surface area contributed by atoms with Crippen molar-refractivity contribution in [1.29, 1.82) is 0 Å². The van der Waals surface area contributed by atoms with Crippen LogP contribution in [0, 0.1) is 5.92 Å². The zero-order chi connectivity index (χ0) is 36.6. The molecule has 0 saturated heterocycles. The molecule has 0 rings (SSSR count). The molecule has 0 aliphatic carbocycles. The topological polar surface area (TPSA) is 72.2 Å². The van der Waals surface area contributed by atoms with E-state index in [9.17, 15) is 9.59 Å². The van der Waals surface area contributed by atoms with E-state index >= 15 is 0 Å². The lowest BCUT2D eigenvalue weighted by molar-refractivity contribution is -0.125. The molecule has 0 saturated carbocycles. The zero-order valence-corrected chi connectivity index (χ0v) is 34.1. The van der Waals surface area contributed by atoms with Crippen molar-refractivity contribution in [3.8, 4) is 0 Å². The predicted molar refractivity (Wildman–Crippen MR) is 222 cm³/mol. The summed E-state index contributed by atoms with van der Waals surface area (Å²) in [6.07, 6.45) is 53.7. The Labute approximate surface area is 313 Å². The summed E-state index contributed by atoms with van der Waals surface area (Å²) < 4.78 is 0. The molecule has 0 aromatic rings. The largest absolute Gasteiger partial charge is 0.369 e. The number of allylic oxidation sites excluding steroid dienone is 4. The first-order valence-corrected chi connectivity index (χ1v) is 22.4. The van der Waals surface area contributed by atoms with Gasteiger partial charge in [0.1, 0.15) is 0 Å². The van der Waals surface area contributed by atoms with Crippen molar-refractivity contribution < 1.29 is 9.59 Å². The number of carbonyl (C=O) groups is 2. The summed E-state index contributed by atoms with van der Waals surface area (Å²) in [5.74, 6) is -0.481. The van der Waals surface area contributed by atoms with Crippen molar-refractivity contribution in [2.24, 2.45) is 11.7 Å². The van der Waals surface area contributed by atoms with Crippen LogP contribution in [0.2, 0.25) is 0 Å². The van der Waals surface area contributed by atoms with Gasteiger partial charge >= 0.3 is 0 Å². The summed E-state index contributed by atoms with van der Waals surface area (Å²) in [4.78, 5) is 24.7. The van der Waals surface area contributed by atoms with Gasteiger partial charge in [0, 0.05) is 12.5 Å². The highest BCUT2D eigenvalue weighted by Gasteiger charge is 2.23. The number of hydrogen-bond acceptors (Lipinski definition) is 2. The van der Waals surface area contributed by atoms with Crippen molar-refractivity contribution in [2.45, 2.75) is 252 Å². The fraction of sp³-hybridized carbons (Fsp3) is 0.870. The first-order chi connectivity index (χ1) is 24.5. The highest BCUT2D eigenvalue weighted by molar-refractivity contribution is 5.80. The fourth-order valence-corrected chi connectivity index (χ4v) is 7.09. The first-order valence-electron chi connectivity index (χ1n) is 22.4. The summed E-state index contributed by atoms with van der Waals surface area (Å²) in [6.45, 7) is 6.50. The average molecular weight is 701 g/mol. The SMILES string of the molecule is CCCCCCCC/C=C\CCCCCCCCCCCC(=O)NC(C)C(CCCCCCCCCC/C=C\CCCCCCCC)C(N)=O. The van der Waals surface area contributed by atoms with Gasteiger partial charge in [0.2, 0.25) is 11.8 Å². The molecule has 0 bridgehead atoms. The smallest absolute Gasteiger partial charge is 0.222 e. The monoisotopic (exact) mass is 701 g/mol. The van der Waals surface area contributed by atoms with Crippen LogP contribution in [-0.2, 0) is 9.59 Å². The van der Waals surface area contributed by atoms with E-state index in [0.717, 1.165) is 32.1 Å². The molecule has 0 aromatic heterocycles. The van der Waals surface area contributed by atoms with Gasteiger partial charge in [-0.05, 0) is 71.1 Å². The average Bonchev–Trinajstić information content (AvgIpc) is 3.10. The fourth-order valence-electron chi connectivity index (χ4n) is 7.09. The molecule has 50 heavy (non-hydrogen) atoms. The molecule has 2 atom stereocenters. The second-order valence-corrected chi connectivity index (χ2v) is 15.5. The van der Waals surface area contributed by atoms with Crippen LogP contribution < -0.4 is 11.1 Å². The number of nitrogens with two attached hydrogens (primary N) is 1. The van der Waals surface area contributed by atoms with Crippen LogP contribution in [0.25, 0.3) is 0 Å². The normalized spacial score (nSPS) is 13.0. The van der Waals surface area contributed by atoms with Crippen molar-refractivity contribution in [3.05, 3.63) is 24.3 Å². The van der Waals surface area contributed by atoms with Gasteiger partial charge in [0.05, 0.1) is 5.92 Å². The van der Waals surface area contributed by atoms with E-state index in [-0.39, 0.29) is 23.8 Å². The molecule has 294 valence electrons. The Balaban J connectivity index is 3.63. The van der Waals surface area contributed by atoms with Crippen molar-refractivity contribution in [2.75, 3.05) is 0 Å². The minimum atomic E-state index is -0.279. The van der Waals surface area contributed by atoms with Gasteiger partial charge in [-0.3, -0.25) is 9.59 Å². The van der Waals surface area contributed by atoms with E-state index in [1.54, 1.807) is 0 Å². The quantitative estimate of drug-likeness (QED) is 0.0493. The molecule has 0 spiro atoms. The third-order valence-corrected chi connectivity index (χ3v) is 10.6.